The maximum Gasteiger partial charge on any atom is 0.222 e. The van der Waals surface area contributed by atoms with Gasteiger partial charge in [0, 0.05) is 56.8 Å². The molecule has 0 saturated carbocycles. The van der Waals surface area contributed by atoms with Gasteiger partial charge in [-0.25, -0.2) is 9.37 Å². The highest BCUT2D eigenvalue weighted by Crippen LogP contribution is 2.33. The summed E-state index contributed by atoms with van der Waals surface area (Å²) in [6.07, 6.45) is 3.69. The number of nitrogens with zero attached hydrogens (tertiary/aromatic N) is 4. The van der Waals surface area contributed by atoms with Gasteiger partial charge in [-0.3, -0.25) is 9.69 Å². The largest absolute Gasteiger partial charge is 0.342 e. The van der Waals surface area contributed by atoms with Crippen molar-refractivity contribution in [1.29, 1.82) is 0 Å². The van der Waals surface area contributed by atoms with Crippen LogP contribution in [-0.2, 0) is 11.3 Å². The maximum atomic E-state index is 13.4. The molecule has 1 aromatic carbocycles. The number of hydrogen-bond donors (Lipinski definition) is 0. The summed E-state index contributed by atoms with van der Waals surface area (Å²) in [6, 6.07) is 12.9. The van der Waals surface area contributed by atoms with Crippen molar-refractivity contribution < 1.29 is 9.18 Å². The molecule has 0 bridgehead atoms. The van der Waals surface area contributed by atoms with Crippen LogP contribution in [0.4, 0.5) is 4.39 Å². The van der Waals surface area contributed by atoms with Crippen LogP contribution in [0.25, 0.3) is 16.9 Å². The first-order chi connectivity index (χ1) is 13.6. The Labute approximate surface area is 163 Å². The van der Waals surface area contributed by atoms with E-state index in [2.05, 4.69) is 9.30 Å². The lowest BCUT2D eigenvalue weighted by atomic mass is 9.92. The molecule has 0 spiro atoms. The number of piperidine rings is 1. The Morgan fingerprint density at radius 1 is 1.18 bits per heavy atom. The van der Waals surface area contributed by atoms with E-state index in [9.17, 15) is 9.18 Å². The Bertz CT molecular complexity index is 1030. The molecule has 0 aliphatic carbocycles. The maximum absolute atomic E-state index is 13.4. The van der Waals surface area contributed by atoms with E-state index in [-0.39, 0.29) is 11.7 Å². The van der Waals surface area contributed by atoms with Gasteiger partial charge in [0.15, 0.2) is 0 Å². The molecule has 2 atom stereocenters. The molecular formula is C22H23FN4O. The first-order valence-electron chi connectivity index (χ1n) is 9.80. The number of carbonyl (C=O) groups is 1. The molecule has 0 unspecified atom stereocenters. The summed E-state index contributed by atoms with van der Waals surface area (Å²) >= 11 is 0. The van der Waals surface area contributed by atoms with E-state index >= 15 is 0 Å². The molecule has 5 rings (SSSR count). The SMILES string of the molecule is CN1C(=O)C[C@@H]2CN(Cc3c(-c4ccc(F)cc4)nc4ccccn34)CC[C@@H]21. The number of aromatic nitrogens is 2. The summed E-state index contributed by atoms with van der Waals surface area (Å²) in [5.41, 5.74) is 3.82. The zero-order chi connectivity index (χ0) is 19.3. The van der Waals surface area contributed by atoms with Gasteiger partial charge in [0.1, 0.15) is 11.5 Å². The van der Waals surface area contributed by atoms with E-state index in [0.717, 1.165) is 48.7 Å². The van der Waals surface area contributed by atoms with Crippen LogP contribution >= 0.6 is 0 Å². The van der Waals surface area contributed by atoms with E-state index in [4.69, 9.17) is 4.98 Å². The molecule has 3 aromatic rings. The zero-order valence-electron chi connectivity index (χ0n) is 15.9. The third-order valence-corrected chi connectivity index (χ3v) is 6.23. The van der Waals surface area contributed by atoms with E-state index < -0.39 is 0 Å². The van der Waals surface area contributed by atoms with Crippen molar-refractivity contribution in [3.63, 3.8) is 0 Å². The summed E-state index contributed by atoms with van der Waals surface area (Å²) in [5.74, 6) is 0.421. The minimum absolute atomic E-state index is 0.244. The number of carbonyl (C=O) groups excluding carboxylic acids is 1. The first kappa shape index (κ1) is 17.4. The van der Waals surface area contributed by atoms with Gasteiger partial charge in [0.2, 0.25) is 5.91 Å². The molecule has 1 amide bonds. The highest BCUT2D eigenvalue weighted by atomic mass is 19.1. The van der Waals surface area contributed by atoms with Gasteiger partial charge in [-0.1, -0.05) is 6.07 Å². The summed E-state index contributed by atoms with van der Waals surface area (Å²) in [7, 11) is 1.93. The molecule has 0 N–H and O–H groups in total. The topological polar surface area (TPSA) is 40.9 Å². The Hall–Kier alpha value is -2.73. The Kier molecular flexibility index (Phi) is 4.16. The van der Waals surface area contributed by atoms with Gasteiger partial charge in [-0.2, -0.15) is 0 Å². The van der Waals surface area contributed by atoms with Crippen molar-refractivity contribution in [3.8, 4) is 11.3 Å². The third-order valence-electron chi connectivity index (χ3n) is 6.23. The number of halogens is 1. The predicted molar refractivity (Wildman–Crippen MR) is 105 cm³/mol. The Balaban J connectivity index is 1.48. The molecule has 144 valence electrons. The van der Waals surface area contributed by atoms with Gasteiger partial charge >= 0.3 is 0 Å². The van der Waals surface area contributed by atoms with Gasteiger partial charge in [-0.05, 0) is 42.8 Å². The number of likely N-dealkylation sites (tertiary alicyclic amines) is 2. The number of hydrogen-bond acceptors (Lipinski definition) is 3. The second kappa shape index (κ2) is 6.71. The predicted octanol–water partition coefficient (Wildman–Crippen LogP) is 3.19. The zero-order valence-corrected chi connectivity index (χ0v) is 15.9. The molecular weight excluding hydrogens is 355 g/mol. The number of rotatable bonds is 3. The van der Waals surface area contributed by atoms with Crippen LogP contribution in [0.2, 0.25) is 0 Å². The van der Waals surface area contributed by atoms with E-state index in [1.165, 1.54) is 12.1 Å². The molecule has 5 nitrogen and oxygen atoms in total. The lowest BCUT2D eigenvalue weighted by Crippen LogP contribution is -2.44. The number of fused-ring (bicyclic) bond motifs is 2. The fourth-order valence-electron chi connectivity index (χ4n) is 4.75. The number of amides is 1. The number of pyridine rings is 1. The molecule has 28 heavy (non-hydrogen) atoms. The second-order valence-corrected chi connectivity index (χ2v) is 7.90. The van der Waals surface area contributed by atoms with Crippen molar-refractivity contribution in [2.24, 2.45) is 5.92 Å². The molecule has 2 saturated heterocycles. The monoisotopic (exact) mass is 378 g/mol. The molecule has 2 aliphatic rings. The minimum Gasteiger partial charge on any atom is -0.342 e. The fourth-order valence-corrected chi connectivity index (χ4v) is 4.75. The summed E-state index contributed by atoms with van der Waals surface area (Å²) in [5, 5.41) is 0. The quantitative estimate of drug-likeness (QED) is 0.703. The molecule has 0 radical (unpaired) electrons. The second-order valence-electron chi connectivity index (χ2n) is 7.90. The first-order valence-corrected chi connectivity index (χ1v) is 9.80. The summed E-state index contributed by atoms with van der Waals surface area (Å²) in [4.78, 5) is 21.2. The van der Waals surface area contributed by atoms with Gasteiger partial charge in [0.05, 0.1) is 11.4 Å². The van der Waals surface area contributed by atoms with E-state index in [1.807, 2.05) is 36.3 Å². The average molecular weight is 378 g/mol. The summed E-state index contributed by atoms with van der Waals surface area (Å²) < 4.78 is 15.5. The van der Waals surface area contributed by atoms with Gasteiger partial charge < -0.3 is 9.30 Å². The Morgan fingerprint density at radius 2 is 2.00 bits per heavy atom. The van der Waals surface area contributed by atoms with Crippen LogP contribution < -0.4 is 0 Å². The van der Waals surface area contributed by atoms with Crippen LogP contribution in [0.3, 0.4) is 0 Å². The van der Waals surface area contributed by atoms with Crippen LogP contribution in [-0.4, -0.2) is 51.3 Å². The standard InChI is InChI=1S/C22H23FN4O/c1-25-18-9-11-26(13-16(18)12-21(25)28)14-19-22(15-5-7-17(23)8-6-15)24-20-4-2-3-10-27(19)20/h2-8,10,16,18H,9,11-14H2,1H3/t16-,18+/m1/s1. The van der Waals surface area contributed by atoms with Crippen LogP contribution in [0.5, 0.6) is 0 Å². The smallest absolute Gasteiger partial charge is 0.222 e. The third kappa shape index (κ3) is 2.88. The molecule has 6 heteroatoms. The summed E-state index contributed by atoms with van der Waals surface area (Å²) in [6.45, 7) is 2.64. The highest BCUT2D eigenvalue weighted by Gasteiger charge is 2.41. The molecule has 2 fully saturated rings. The van der Waals surface area contributed by atoms with Crippen molar-refractivity contribution in [2.45, 2.75) is 25.4 Å². The number of imidazole rings is 1. The normalized spacial score (nSPS) is 22.8. The van der Waals surface area contributed by atoms with E-state index in [1.54, 1.807) is 12.1 Å². The van der Waals surface area contributed by atoms with Crippen LogP contribution in [0.15, 0.2) is 48.7 Å². The van der Waals surface area contributed by atoms with Crippen molar-refractivity contribution in [3.05, 3.63) is 60.2 Å². The Morgan fingerprint density at radius 3 is 2.82 bits per heavy atom. The van der Waals surface area contributed by atoms with Crippen molar-refractivity contribution in [2.75, 3.05) is 20.1 Å². The van der Waals surface area contributed by atoms with Crippen LogP contribution in [0.1, 0.15) is 18.5 Å². The molecule has 2 aliphatic heterocycles. The van der Waals surface area contributed by atoms with Crippen molar-refractivity contribution >= 4 is 11.6 Å². The van der Waals surface area contributed by atoms with Crippen molar-refractivity contribution in [1.82, 2.24) is 19.2 Å². The average Bonchev–Trinajstić information content (AvgIpc) is 3.20. The minimum atomic E-state index is -0.244. The fraction of sp³-hybridized carbons (Fsp3) is 0.364. The molecule has 4 heterocycles. The lowest BCUT2D eigenvalue weighted by molar-refractivity contribution is -0.127. The lowest BCUT2D eigenvalue weighted by Gasteiger charge is -2.36. The highest BCUT2D eigenvalue weighted by molar-refractivity contribution is 5.79. The van der Waals surface area contributed by atoms with Crippen LogP contribution in [0, 0.1) is 11.7 Å². The van der Waals surface area contributed by atoms with Gasteiger partial charge in [0.25, 0.3) is 0 Å². The van der Waals surface area contributed by atoms with E-state index in [0.29, 0.717) is 18.4 Å². The van der Waals surface area contributed by atoms with Gasteiger partial charge in [-0.15, -0.1) is 0 Å². The molecule has 2 aromatic heterocycles. The number of benzene rings is 1.